The topological polar surface area (TPSA) is 37.8 Å². The van der Waals surface area contributed by atoms with Crippen LogP contribution in [0.5, 0.6) is 0 Å². The van der Waals surface area contributed by atoms with Crippen molar-refractivity contribution in [3.63, 3.8) is 0 Å². The number of nitrogens with zero attached hydrogens (tertiary/aromatic N) is 2. The summed E-state index contributed by atoms with van der Waals surface area (Å²) in [6.45, 7) is 5.37. The molecule has 114 valence electrons. The van der Waals surface area contributed by atoms with Crippen molar-refractivity contribution >= 4 is 11.0 Å². The number of unbranched alkanes of at least 4 members (excludes halogenated alkanes) is 4. The molecule has 2 rings (SSSR count). The fraction of sp³-hybridized carbons (Fsp3) is 0.556. The molecule has 0 bridgehead atoms. The summed E-state index contributed by atoms with van der Waals surface area (Å²) in [6.07, 6.45) is 9.64. The molecule has 1 aromatic carbocycles. The summed E-state index contributed by atoms with van der Waals surface area (Å²) in [7, 11) is 0. The number of nitrogens with one attached hydrogen (secondary N) is 1. The molecular formula is C18H27N3. The van der Waals surface area contributed by atoms with Crippen LogP contribution in [0.1, 0.15) is 64.1 Å². The highest BCUT2D eigenvalue weighted by Crippen LogP contribution is 2.20. The molecule has 0 fully saturated rings. The molecule has 0 radical (unpaired) electrons. The van der Waals surface area contributed by atoms with Crippen molar-refractivity contribution in [3.05, 3.63) is 36.2 Å². The van der Waals surface area contributed by atoms with E-state index in [1.807, 2.05) is 30.5 Å². The summed E-state index contributed by atoms with van der Waals surface area (Å²) in [6, 6.07) is 8.41. The standard InChI is InChI=1S/C18H27N3/c1-3-5-6-7-8-11-16(19-4-2)18-14-20-15-12-9-10-13-17(15)21-18/h9-10,12-14,16,19H,3-8,11H2,1-2H3. The molecule has 0 saturated heterocycles. The molecule has 2 aromatic rings. The Balaban J connectivity index is 2.01. The van der Waals surface area contributed by atoms with Gasteiger partial charge in [0.2, 0.25) is 0 Å². The normalized spacial score (nSPS) is 12.7. The van der Waals surface area contributed by atoms with Gasteiger partial charge in [-0.1, -0.05) is 58.1 Å². The monoisotopic (exact) mass is 285 g/mol. The molecule has 1 aromatic heterocycles. The quantitative estimate of drug-likeness (QED) is 0.682. The predicted molar refractivity (Wildman–Crippen MR) is 89.3 cm³/mol. The van der Waals surface area contributed by atoms with Gasteiger partial charge in [0.1, 0.15) is 0 Å². The smallest absolute Gasteiger partial charge is 0.0890 e. The van der Waals surface area contributed by atoms with E-state index in [2.05, 4.69) is 24.1 Å². The molecule has 1 unspecified atom stereocenters. The molecule has 0 aliphatic rings. The number of para-hydroxylation sites is 2. The number of hydrogen-bond donors (Lipinski definition) is 1. The number of aromatic nitrogens is 2. The van der Waals surface area contributed by atoms with E-state index >= 15 is 0 Å². The summed E-state index contributed by atoms with van der Waals surface area (Å²) in [5.41, 5.74) is 3.04. The van der Waals surface area contributed by atoms with E-state index in [0.717, 1.165) is 29.7 Å². The molecular weight excluding hydrogens is 258 g/mol. The second-order valence-corrected chi connectivity index (χ2v) is 5.60. The van der Waals surface area contributed by atoms with E-state index in [1.165, 1.54) is 32.1 Å². The zero-order valence-electron chi connectivity index (χ0n) is 13.3. The lowest BCUT2D eigenvalue weighted by Crippen LogP contribution is -2.22. The van der Waals surface area contributed by atoms with Crippen LogP contribution in [0.25, 0.3) is 11.0 Å². The van der Waals surface area contributed by atoms with Gasteiger partial charge in [0.15, 0.2) is 0 Å². The third-order valence-electron chi connectivity index (χ3n) is 3.87. The Hall–Kier alpha value is -1.48. The molecule has 0 spiro atoms. The molecule has 1 N–H and O–H groups in total. The average Bonchev–Trinajstić information content (AvgIpc) is 2.53. The Morgan fingerprint density at radius 2 is 1.76 bits per heavy atom. The largest absolute Gasteiger partial charge is 0.309 e. The maximum Gasteiger partial charge on any atom is 0.0890 e. The van der Waals surface area contributed by atoms with Gasteiger partial charge < -0.3 is 5.32 Å². The lowest BCUT2D eigenvalue weighted by Gasteiger charge is -2.17. The Morgan fingerprint density at radius 3 is 2.52 bits per heavy atom. The number of hydrogen-bond acceptors (Lipinski definition) is 3. The highest BCUT2D eigenvalue weighted by molar-refractivity contribution is 5.73. The van der Waals surface area contributed by atoms with Crippen LogP contribution in [0.3, 0.4) is 0 Å². The van der Waals surface area contributed by atoms with Crippen LogP contribution in [-0.4, -0.2) is 16.5 Å². The minimum Gasteiger partial charge on any atom is -0.309 e. The van der Waals surface area contributed by atoms with Crippen LogP contribution in [0.2, 0.25) is 0 Å². The van der Waals surface area contributed by atoms with Gasteiger partial charge in [-0.25, -0.2) is 4.98 Å². The Kier molecular flexibility index (Phi) is 6.61. The van der Waals surface area contributed by atoms with Crippen molar-refractivity contribution in [1.82, 2.24) is 15.3 Å². The van der Waals surface area contributed by atoms with Crippen LogP contribution >= 0.6 is 0 Å². The fourth-order valence-corrected chi connectivity index (χ4v) is 2.69. The van der Waals surface area contributed by atoms with Gasteiger partial charge in [0, 0.05) is 0 Å². The number of benzene rings is 1. The fourth-order valence-electron chi connectivity index (χ4n) is 2.69. The molecule has 1 atom stereocenters. The summed E-state index contributed by atoms with van der Waals surface area (Å²) >= 11 is 0. The molecule has 1 heterocycles. The predicted octanol–water partition coefficient (Wildman–Crippen LogP) is 4.64. The maximum absolute atomic E-state index is 4.78. The molecule has 0 aliphatic heterocycles. The van der Waals surface area contributed by atoms with Gasteiger partial charge >= 0.3 is 0 Å². The first kappa shape index (κ1) is 15.9. The Bertz CT molecular complexity index is 539. The first-order chi connectivity index (χ1) is 10.3. The van der Waals surface area contributed by atoms with Crippen LogP contribution in [0.15, 0.2) is 30.5 Å². The van der Waals surface area contributed by atoms with E-state index in [9.17, 15) is 0 Å². The maximum atomic E-state index is 4.78. The zero-order valence-corrected chi connectivity index (χ0v) is 13.3. The highest BCUT2D eigenvalue weighted by atomic mass is 14.9. The lowest BCUT2D eigenvalue weighted by molar-refractivity contribution is 0.470. The van der Waals surface area contributed by atoms with Crippen molar-refractivity contribution in [2.24, 2.45) is 0 Å². The van der Waals surface area contributed by atoms with Crippen molar-refractivity contribution in [1.29, 1.82) is 0 Å². The van der Waals surface area contributed by atoms with E-state index < -0.39 is 0 Å². The van der Waals surface area contributed by atoms with Crippen LogP contribution in [0, 0.1) is 0 Å². The van der Waals surface area contributed by atoms with Crippen molar-refractivity contribution < 1.29 is 0 Å². The van der Waals surface area contributed by atoms with Crippen molar-refractivity contribution in [2.45, 2.75) is 58.4 Å². The summed E-state index contributed by atoms with van der Waals surface area (Å²) in [5, 5.41) is 3.55. The summed E-state index contributed by atoms with van der Waals surface area (Å²) in [4.78, 5) is 9.32. The van der Waals surface area contributed by atoms with Crippen LogP contribution < -0.4 is 5.32 Å². The third kappa shape index (κ3) is 4.78. The number of fused-ring (bicyclic) bond motifs is 1. The average molecular weight is 285 g/mol. The zero-order chi connectivity index (χ0) is 14.9. The minimum atomic E-state index is 0.328. The molecule has 21 heavy (non-hydrogen) atoms. The van der Waals surface area contributed by atoms with E-state index in [-0.39, 0.29) is 0 Å². The van der Waals surface area contributed by atoms with Gasteiger partial charge in [0.05, 0.1) is 29.0 Å². The molecule has 0 amide bonds. The van der Waals surface area contributed by atoms with E-state index in [1.54, 1.807) is 0 Å². The molecule has 0 saturated carbocycles. The van der Waals surface area contributed by atoms with E-state index in [0.29, 0.717) is 6.04 Å². The van der Waals surface area contributed by atoms with Crippen LogP contribution in [0.4, 0.5) is 0 Å². The Morgan fingerprint density at radius 1 is 1.00 bits per heavy atom. The first-order valence-corrected chi connectivity index (χ1v) is 8.30. The third-order valence-corrected chi connectivity index (χ3v) is 3.87. The first-order valence-electron chi connectivity index (χ1n) is 8.30. The second kappa shape index (κ2) is 8.73. The van der Waals surface area contributed by atoms with Gasteiger partial charge in [-0.2, -0.15) is 0 Å². The minimum absolute atomic E-state index is 0.328. The van der Waals surface area contributed by atoms with Gasteiger partial charge in [-0.05, 0) is 25.1 Å². The number of rotatable bonds is 9. The summed E-state index contributed by atoms with van der Waals surface area (Å²) < 4.78 is 0. The summed E-state index contributed by atoms with van der Waals surface area (Å²) in [5.74, 6) is 0. The van der Waals surface area contributed by atoms with Crippen molar-refractivity contribution in [2.75, 3.05) is 6.54 Å². The molecule has 3 nitrogen and oxygen atoms in total. The van der Waals surface area contributed by atoms with Gasteiger partial charge in [-0.3, -0.25) is 4.98 Å². The highest BCUT2D eigenvalue weighted by Gasteiger charge is 2.12. The lowest BCUT2D eigenvalue weighted by atomic mass is 10.0. The van der Waals surface area contributed by atoms with Crippen LogP contribution in [-0.2, 0) is 0 Å². The Labute approximate surface area is 128 Å². The van der Waals surface area contributed by atoms with Gasteiger partial charge in [-0.15, -0.1) is 0 Å². The van der Waals surface area contributed by atoms with E-state index in [4.69, 9.17) is 4.98 Å². The van der Waals surface area contributed by atoms with Gasteiger partial charge in [0.25, 0.3) is 0 Å². The molecule has 0 aliphatic carbocycles. The van der Waals surface area contributed by atoms with Crippen molar-refractivity contribution in [3.8, 4) is 0 Å². The second-order valence-electron chi connectivity index (χ2n) is 5.60. The molecule has 3 heteroatoms. The SMILES string of the molecule is CCCCCCCC(NCC)c1cnc2ccccc2n1.